The third-order valence-corrected chi connectivity index (χ3v) is 4.13. The highest BCUT2D eigenvalue weighted by Gasteiger charge is 2.12. The van der Waals surface area contributed by atoms with Crippen molar-refractivity contribution in [3.05, 3.63) is 63.0 Å². The predicted molar refractivity (Wildman–Crippen MR) is 90.3 cm³/mol. The molecular formula is C16H15Br2NO2. The Balaban J connectivity index is 1.89. The van der Waals surface area contributed by atoms with Crippen LogP contribution < -0.4 is 10.1 Å². The Morgan fingerprint density at radius 3 is 2.67 bits per heavy atom. The number of ether oxygens (including phenoxy) is 1. The van der Waals surface area contributed by atoms with E-state index in [0.29, 0.717) is 5.75 Å². The van der Waals surface area contributed by atoms with Gasteiger partial charge < -0.3 is 10.1 Å². The zero-order valence-electron chi connectivity index (χ0n) is 11.5. The predicted octanol–water partition coefficient (Wildman–Crippen LogP) is 4.47. The molecule has 0 spiro atoms. The molecule has 110 valence electrons. The second-order valence-electron chi connectivity index (χ2n) is 4.56. The van der Waals surface area contributed by atoms with Crippen LogP contribution >= 0.6 is 31.9 Å². The Labute approximate surface area is 141 Å². The first-order valence-electron chi connectivity index (χ1n) is 6.48. The summed E-state index contributed by atoms with van der Waals surface area (Å²) in [7, 11) is 0. The van der Waals surface area contributed by atoms with E-state index in [1.165, 1.54) is 0 Å². The lowest BCUT2D eigenvalue weighted by molar-refractivity contribution is -0.123. The smallest absolute Gasteiger partial charge is 0.258 e. The number of carbonyl (C=O) groups excluding carboxylic acids is 1. The van der Waals surface area contributed by atoms with Crippen LogP contribution in [0.1, 0.15) is 18.5 Å². The summed E-state index contributed by atoms with van der Waals surface area (Å²) in [6.45, 7) is 1.93. The van der Waals surface area contributed by atoms with Crippen LogP contribution in [-0.2, 0) is 4.79 Å². The largest absolute Gasteiger partial charge is 0.484 e. The number of hydrogen-bond acceptors (Lipinski definition) is 2. The van der Waals surface area contributed by atoms with Gasteiger partial charge in [-0.25, -0.2) is 0 Å². The maximum atomic E-state index is 11.9. The Morgan fingerprint density at radius 1 is 1.19 bits per heavy atom. The van der Waals surface area contributed by atoms with Crippen molar-refractivity contribution in [2.75, 3.05) is 6.61 Å². The Bertz CT molecular complexity index is 631. The summed E-state index contributed by atoms with van der Waals surface area (Å²) in [6, 6.07) is 15.1. The monoisotopic (exact) mass is 411 g/mol. The Hall–Kier alpha value is -1.33. The summed E-state index contributed by atoms with van der Waals surface area (Å²) >= 11 is 6.84. The first-order chi connectivity index (χ1) is 10.1. The van der Waals surface area contributed by atoms with Gasteiger partial charge in [0, 0.05) is 8.95 Å². The van der Waals surface area contributed by atoms with E-state index < -0.39 is 0 Å². The fraction of sp³-hybridized carbons (Fsp3) is 0.188. The summed E-state index contributed by atoms with van der Waals surface area (Å²) in [5.41, 5.74) is 1.04. The van der Waals surface area contributed by atoms with Crippen molar-refractivity contribution in [1.29, 1.82) is 0 Å². The standard InChI is InChI=1S/C16H15Br2NO2/c1-11(14-7-2-3-8-15(14)18)19-16(20)10-21-13-6-4-5-12(17)9-13/h2-9,11H,10H2,1H3,(H,19,20). The second kappa shape index (κ2) is 7.61. The van der Waals surface area contributed by atoms with E-state index in [0.717, 1.165) is 14.5 Å². The molecule has 0 aliphatic heterocycles. The molecule has 0 saturated carbocycles. The Morgan fingerprint density at radius 2 is 1.95 bits per heavy atom. The molecule has 0 aliphatic carbocycles. The van der Waals surface area contributed by atoms with Gasteiger partial charge in [-0.05, 0) is 36.8 Å². The number of halogens is 2. The van der Waals surface area contributed by atoms with Crippen LogP contribution in [-0.4, -0.2) is 12.5 Å². The summed E-state index contributed by atoms with van der Waals surface area (Å²) < 4.78 is 7.36. The molecule has 0 heterocycles. The van der Waals surface area contributed by atoms with E-state index in [1.807, 2.05) is 55.5 Å². The molecule has 2 aromatic rings. The zero-order valence-corrected chi connectivity index (χ0v) is 14.6. The molecule has 0 radical (unpaired) electrons. The number of benzene rings is 2. The van der Waals surface area contributed by atoms with Crippen LogP contribution in [0, 0.1) is 0 Å². The van der Waals surface area contributed by atoms with Crippen molar-refractivity contribution in [2.24, 2.45) is 0 Å². The zero-order chi connectivity index (χ0) is 15.2. The van der Waals surface area contributed by atoms with E-state index in [-0.39, 0.29) is 18.6 Å². The molecule has 0 aromatic heterocycles. The van der Waals surface area contributed by atoms with Crippen molar-refractivity contribution in [1.82, 2.24) is 5.32 Å². The maximum Gasteiger partial charge on any atom is 0.258 e. The van der Waals surface area contributed by atoms with Crippen molar-refractivity contribution >= 4 is 37.8 Å². The molecule has 0 fully saturated rings. The molecule has 3 nitrogen and oxygen atoms in total. The first kappa shape index (κ1) is 16.0. The van der Waals surface area contributed by atoms with Crippen LogP contribution in [0.3, 0.4) is 0 Å². The van der Waals surface area contributed by atoms with Gasteiger partial charge >= 0.3 is 0 Å². The fourth-order valence-corrected chi connectivity index (χ4v) is 2.90. The van der Waals surface area contributed by atoms with Gasteiger partial charge in [0.05, 0.1) is 6.04 Å². The SMILES string of the molecule is CC(NC(=O)COc1cccc(Br)c1)c1ccccc1Br. The van der Waals surface area contributed by atoms with Gasteiger partial charge in [-0.1, -0.05) is 56.1 Å². The molecule has 1 N–H and O–H groups in total. The second-order valence-corrected chi connectivity index (χ2v) is 6.33. The third-order valence-electron chi connectivity index (χ3n) is 2.92. The average Bonchev–Trinajstić information content (AvgIpc) is 2.45. The lowest BCUT2D eigenvalue weighted by Crippen LogP contribution is -2.31. The van der Waals surface area contributed by atoms with E-state index in [2.05, 4.69) is 37.2 Å². The molecule has 1 amide bonds. The molecule has 1 unspecified atom stereocenters. The van der Waals surface area contributed by atoms with Crippen molar-refractivity contribution in [3.63, 3.8) is 0 Å². The van der Waals surface area contributed by atoms with Gasteiger partial charge in [0.25, 0.3) is 5.91 Å². The highest BCUT2D eigenvalue weighted by Crippen LogP contribution is 2.22. The molecule has 21 heavy (non-hydrogen) atoms. The van der Waals surface area contributed by atoms with Crippen molar-refractivity contribution in [2.45, 2.75) is 13.0 Å². The van der Waals surface area contributed by atoms with E-state index in [4.69, 9.17) is 4.74 Å². The summed E-state index contributed by atoms with van der Waals surface area (Å²) in [4.78, 5) is 11.9. The van der Waals surface area contributed by atoms with Gasteiger partial charge in [-0.3, -0.25) is 4.79 Å². The lowest BCUT2D eigenvalue weighted by Gasteiger charge is -2.16. The maximum absolute atomic E-state index is 11.9. The van der Waals surface area contributed by atoms with E-state index >= 15 is 0 Å². The van der Waals surface area contributed by atoms with Gasteiger partial charge in [0.2, 0.25) is 0 Å². The molecule has 5 heteroatoms. The molecular weight excluding hydrogens is 398 g/mol. The fourth-order valence-electron chi connectivity index (χ4n) is 1.89. The molecule has 1 atom stereocenters. The van der Waals surface area contributed by atoms with Gasteiger partial charge in [0.15, 0.2) is 6.61 Å². The lowest BCUT2D eigenvalue weighted by atomic mass is 10.1. The average molecular weight is 413 g/mol. The molecule has 0 saturated heterocycles. The number of hydrogen-bond donors (Lipinski definition) is 1. The van der Waals surface area contributed by atoms with Crippen LogP contribution in [0.5, 0.6) is 5.75 Å². The minimum Gasteiger partial charge on any atom is -0.484 e. The minimum absolute atomic E-state index is 0.00868. The summed E-state index contributed by atoms with van der Waals surface area (Å²) in [6.07, 6.45) is 0. The van der Waals surface area contributed by atoms with Gasteiger partial charge in [-0.15, -0.1) is 0 Å². The molecule has 0 aliphatic rings. The molecule has 0 bridgehead atoms. The van der Waals surface area contributed by atoms with Crippen LogP contribution in [0.25, 0.3) is 0 Å². The van der Waals surface area contributed by atoms with E-state index in [9.17, 15) is 4.79 Å². The van der Waals surface area contributed by atoms with Crippen molar-refractivity contribution < 1.29 is 9.53 Å². The van der Waals surface area contributed by atoms with E-state index in [1.54, 1.807) is 0 Å². The number of carbonyl (C=O) groups is 1. The van der Waals surface area contributed by atoms with Crippen LogP contribution in [0.2, 0.25) is 0 Å². The highest BCUT2D eigenvalue weighted by atomic mass is 79.9. The minimum atomic E-state index is -0.154. The molecule has 2 rings (SSSR count). The Kier molecular flexibility index (Phi) is 5.82. The third kappa shape index (κ3) is 4.86. The van der Waals surface area contributed by atoms with Crippen LogP contribution in [0.4, 0.5) is 0 Å². The topological polar surface area (TPSA) is 38.3 Å². The highest BCUT2D eigenvalue weighted by molar-refractivity contribution is 9.10. The number of amides is 1. The number of nitrogens with one attached hydrogen (secondary N) is 1. The molecule has 2 aromatic carbocycles. The van der Waals surface area contributed by atoms with Crippen LogP contribution in [0.15, 0.2) is 57.5 Å². The quantitative estimate of drug-likeness (QED) is 0.786. The first-order valence-corrected chi connectivity index (χ1v) is 8.07. The number of rotatable bonds is 5. The normalized spacial score (nSPS) is 11.8. The van der Waals surface area contributed by atoms with Gasteiger partial charge in [-0.2, -0.15) is 0 Å². The summed E-state index contributed by atoms with van der Waals surface area (Å²) in [5, 5.41) is 2.92. The van der Waals surface area contributed by atoms with Gasteiger partial charge in [0.1, 0.15) is 5.75 Å². The van der Waals surface area contributed by atoms with Crippen molar-refractivity contribution in [3.8, 4) is 5.75 Å². The summed E-state index contributed by atoms with van der Waals surface area (Å²) in [5.74, 6) is 0.506.